The zero-order valence-electron chi connectivity index (χ0n) is 10.4. The van der Waals surface area contributed by atoms with E-state index in [9.17, 15) is 14.0 Å². The summed E-state index contributed by atoms with van der Waals surface area (Å²) in [7, 11) is 0. The first kappa shape index (κ1) is 14.1. The fraction of sp³-hybridized carbons (Fsp3) is 0.154. The number of benzene rings is 1. The lowest BCUT2D eigenvalue weighted by Gasteiger charge is -2.05. The number of nitrogens with zero attached hydrogens (tertiary/aromatic N) is 1. The maximum absolute atomic E-state index is 13.5. The summed E-state index contributed by atoms with van der Waals surface area (Å²) < 4.78 is 18.8. The van der Waals surface area contributed by atoms with Gasteiger partial charge in [0.1, 0.15) is 18.2 Å². The number of carbonyl (C=O) groups excluding carboxylic acids is 1. The van der Waals surface area contributed by atoms with Crippen molar-refractivity contribution < 1.29 is 23.8 Å². The largest absolute Gasteiger partial charge is 0.487 e. The van der Waals surface area contributed by atoms with Crippen molar-refractivity contribution in [1.29, 1.82) is 0 Å². The van der Waals surface area contributed by atoms with Gasteiger partial charge in [0.15, 0.2) is 5.78 Å². The first-order valence-electron chi connectivity index (χ1n) is 5.58. The van der Waals surface area contributed by atoms with Gasteiger partial charge in [-0.15, -0.1) is 11.3 Å². The Labute approximate surface area is 117 Å². The van der Waals surface area contributed by atoms with Gasteiger partial charge < -0.3 is 9.84 Å². The molecular weight excluding hydrogens is 285 g/mol. The van der Waals surface area contributed by atoms with Crippen molar-refractivity contribution in [2.24, 2.45) is 0 Å². The molecule has 0 aliphatic heterocycles. The van der Waals surface area contributed by atoms with E-state index in [2.05, 4.69) is 4.98 Å². The van der Waals surface area contributed by atoms with Crippen LogP contribution in [-0.4, -0.2) is 21.8 Å². The van der Waals surface area contributed by atoms with Gasteiger partial charge in [-0.05, 0) is 19.1 Å². The van der Waals surface area contributed by atoms with Gasteiger partial charge in [-0.2, -0.15) is 0 Å². The number of carboxylic acid groups (broad SMARTS) is 1. The lowest BCUT2D eigenvalue weighted by atomic mass is 10.1. The molecule has 7 heteroatoms. The monoisotopic (exact) mass is 295 g/mol. The van der Waals surface area contributed by atoms with Crippen LogP contribution in [0.1, 0.15) is 32.8 Å². The standard InChI is InChI=1S/C13H10FNO4S/c1-7(16)10-3-2-9(4-11(10)14)19-5-8-6-20-12(15-8)13(17)18/h2-4,6H,5H2,1H3,(H,17,18). The number of ketones is 1. The summed E-state index contributed by atoms with van der Waals surface area (Å²) in [5.74, 6) is -1.87. The third-order valence-corrected chi connectivity index (χ3v) is 3.32. The fourth-order valence-electron chi connectivity index (χ4n) is 1.50. The summed E-state index contributed by atoms with van der Waals surface area (Å²) in [4.78, 5) is 25.6. The van der Waals surface area contributed by atoms with Crippen LogP contribution >= 0.6 is 11.3 Å². The van der Waals surface area contributed by atoms with Crippen LogP contribution in [0.3, 0.4) is 0 Å². The molecule has 1 aromatic carbocycles. The van der Waals surface area contributed by atoms with Gasteiger partial charge in [-0.3, -0.25) is 4.79 Å². The van der Waals surface area contributed by atoms with Gasteiger partial charge in [0.2, 0.25) is 5.01 Å². The van der Waals surface area contributed by atoms with E-state index in [0.717, 1.165) is 17.4 Å². The third-order valence-electron chi connectivity index (χ3n) is 2.44. The van der Waals surface area contributed by atoms with E-state index in [1.54, 1.807) is 5.38 Å². The lowest BCUT2D eigenvalue weighted by molar-refractivity contribution is 0.0696. The summed E-state index contributed by atoms with van der Waals surface area (Å²) >= 11 is 0.993. The highest BCUT2D eigenvalue weighted by Gasteiger charge is 2.11. The SMILES string of the molecule is CC(=O)c1ccc(OCc2csc(C(=O)O)n2)cc1F. The number of rotatable bonds is 5. The molecule has 5 nitrogen and oxygen atoms in total. The fourth-order valence-corrected chi connectivity index (χ4v) is 2.14. The number of hydrogen-bond acceptors (Lipinski definition) is 5. The molecule has 0 fully saturated rings. The van der Waals surface area contributed by atoms with E-state index in [1.165, 1.54) is 19.1 Å². The molecule has 1 aromatic heterocycles. The second-order valence-corrected chi connectivity index (χ2v) is 4.79. The van der Waals surface area contributed by atoms with Crippen LogP contribution in [-0.2, 0) is 6.61 Å². The molecule has 1 N–H and O–H groups in total. The molecular formula is C13H10FNO4S. The summed E-state index contributed by atoms with van der Waals surface area (Å²) in [6.45, 7) is 1.31. The Bertz CT molecular complexity index is 668. The molecule has 0 unspecified atom stereocenters. The smallest absolute Gasteiger partial charge is 0.365 e. The summed E-state index contributed by atoms with van der Waals surface area (Å²) in [6.07, 6.45) is 0. The van der Waals surface area contributed by atoms with Gasteiger partial charge in [-0.1, -0.05) is 0 Å². The van der Waals surface area contributed by atoms with Gasteiger partial charge in [-0.25, -0.2) is 14.2 Å². The average Bonchev–Trinajstić information content (AvgIpc) is 2.85. The third kappa shape index (κ3) is 3.18. The van der Waals surface area contributed by atoms with Gasteiger partial charge in [0.25, 0.3) is 0 Å². The zero-order chi connectivity index (χ0) is 14.7. The Morgan fingerprint density at radius 3 is 2.75 bits per heavy atom. The Hall–Kier alpha value is -2.28. The molecule has 0 radical (unpaired) electrons. The highest BCUT2D eigenvalue weighted by atomic mass is 32.1. The van der Waals surface area contributed by atoms with Crippen LogP contribution in [0, 0.1) is 5.82 Å². The van der Waals surface area contributed by atoms with Crippen molar-refractivity contribution in [3.8, 4) is 5.75 Å². The van der Waals surface area contributed by atoms with Crippen LogP contribution in [0.4, 0.5) is 4.39 Å². The number of hydrogen-bond donors (Lipinski definition) is 1. The molecule has 0 saturated heterocycles. The van der Waals surface area contributed by atoms with Crippen LogP contribution in [0.2, 0.25) is 0 Å². The summed E-state index contributed by atoms with van der Waals surface area (Å²) in [6, 6.07) is 3.93. The number of carboxylic acids is 1. The number of thiazole rings is 1. The highest BCUT2D eigenvalue weighted by Crippen LogP contribution is 2.19. The molecule has 20 heavy (non-hydrogen) atoms. The van der Waals surface area contributed by atoms with Crippen LogP contribution in [0.5, 0.6) is 5.75 Å². The van der Waals surface area contributed by atoms with Gasteiger partial charge in [0.05, 0.1) is 11.3 Å². The molecule has 104 valence electrons. The normalized spacial score (nSPS) is 10.3. The average molecular weight is 295 g/mol. The number of aromatic carboxylic acids is 1. The van der Waals surface area contributed by atoms with Crippen LogP contribution in [0.15, 0.2) is 23.6 Å². The maximum atomic E-state index is 13.5. The molecule has 2 rings (SSSR count). The first-order chi connectivity index (χ1) is 9.47. The van der Waals surface area contributed by atoms with Gasteiger partial charge in [0, 0.05) is 11.4 Å². The van der Waals surface area contributed by atoms with E-state index in [0.29, 0.717) is 5.69 Å². The van der Waals surface area contributed by atoms with Crippen molar-refractivity contribution in [2.45, 2.75) is 13.5 Å². The molecule has 2 aromatic rings. The number of carbonyl (C=O) groups is 2. The van der Waals surface area contributed by atoms with E-state index in [-0.39, 0.29) is 28.7 Å². The molecule has 0 atom stereocenters. The zero-order valence-corrected chi connectivity index (χ0v) is 11.2. The quantitative estimate of drug-likeness (QED) is 0.858. The topological polar surface area (TPSA) is 76.5 Å². The van der Waals surface area contributed by atoms with Crippen molar-refractivity contribution >= 4 is 23.1 Å². The molecule has 0 bridgehead atoms. The van der Waals surface area contributed by atoms with E-state index in [4.69, 9.17) is 9.84 Å². The Kier molecular flexibility index (Phi) is 4.09. The minimum absolute atomic E-state index is 0.000767. The van der Waals surface area contributed by atoms with E-state index < -0.39 is 11.8 Å². The lowest BCUT2D eigenvalue weighted by Crippen LogP contribution is -2.01. The Morgan fingerprint density at radius 1 is 1.45 bits per heavy atom. The molecule has 0 aliphatic carbocycles. The predicted octanol–water partition coefficient (Wildman–Crippen LogP) is 2.76. The van der Waals surface area contributed by atoms with Crippen molar-refractivity contribution in [3.05, 3.63) is 45.7 Å². The van der Waals surface area contributed by atoms with E-state index in [1.807, 2.05) is 0 Å². The highest BCUT2D eigenvalue weighted by molar-refractivity contribution is 7.11. The number of ether oxygens (including phenoxy) is 1. The summed E-state index contributed by atoms with van der Waals surface area (Å²) in [5, 5.41) is 10.3. The predicted molar refractivity (Wildman–Crippen MR) is 69.8 cm³/mol. The second kappa shape index (κ2) is 5.79. The number of halogens is 1. The Morgan fingerprint density at radius 2 is 2.20 bits per heavy atom. The number of aromatic nitrogens is 1. The molecule has 0 aliphatic rings. The van der Waals surface area contributed by atoms with Crippen molar-refractivity contribution in [1.82, 2.24) is 4.98 Å². The van der Waals surface area contributed by atoms with Crippen molar-refractivity contribution in [3.63, 3.8) is 0 Å². The molecule has 1 heterocycles. The molecule has 0 saturated carbocycles. The van der Waals surface area contributed by atoms with E-state index >= 15 is 0 Å². The molecule has 0 amide bonds. The minimum atomic E-state index is -1.10. The number of Topliss-reactive ketones (excluding diaryl/α,β-unsaturated/α-hetero) is 1. The Balaban J connectivity index is 2.05. The first-order valence-corrected chi connectivity index (χ1v) is 6.46. The van der Waals surface area contributed by atoms with Gasteiger partial charge >= 0.3 is 5.97 Å². The van der Waals surface area contributed by atoms with Crippen LogP contribution < -0.4 is 4.74 Å². The maximum Gasteiger partial charge on any atom is 0.365 e. The summed E-state index contributed by atoms with van der Waals surface area (Å²) in [5.41, 5.74) is 0.447. The second-order valence-electron chi connectivity index (χ2n) is 3.94. The molecule has 0 spiro atoms. The minimum Gasteiger partial charge on any atom is -0.487 e. The van der Waals surface area contributed by atoms with Crippen molar-refractivity contribution in [2.75, 3.05) is 0 Å². The van der Waals surface area contributed by atoms with Crippen LogP contribution in [0.25, 0.3) is 0 Å².